The standard InChI is InChI=1S/C40H56FN5O2/c1-8-35(42)37-32(12-10-18-44-37)38-34(24-39(4,5)25-48-26-47)33-23-29(15-16-36(33)46(38)9-2)30-20-28(21-31(41)22-30)14-13-27(3)40(6,7)17-11-19-45-43/h10,12,15-16,18,20-23,26,34-35,38,45H,3,8-9,11,13-14,17,19,24-25,42-43H2,1-2,4-7H3. The van der Waals surface area contributed by atoms with E-state index in [9.17, 15) is 4.79 Å². The van der Waals surface area contributed by atoms with Gasteiger partial charge in [-0.1, -0.05) is 65.0 Å². The first-order valence-electron chi connectivity index (χ1n) is 17.4. The van der Waals surface area contributed by atoms with Crippen molar-refractivity contribution in [2.45, 2.75) is 98.1 Å². The topological polar surface area (TPSA) is 106 Å². The van der Waals surface area contributed by atoms with E-state index in [4.69, 9.17) is 21.3 Å². The Labute approximate surface area is 287 Å². The summed E-state index contributed by atoms with van der Waals surface area (Å²) in [6.07, 6.45) is 6.82. The van der Waals surface area contributed by atoms with Gasteiger partial charge in [-0.15, -0.1) is 0 Å². The highest BCUT2D eigenvalue weighted by atomic mass is 19.1. The number of fused-ring (bicyclic) bond motifs is 1. The molecule has 2 heterocycles. The fraction of sp³-hybridized carbons (Fsp3) is 0.500. The lowest BCUT2D eigenvalue weighted by Crippen LogP contribution is -2.31. The Morgan fingerprint density at radius 3 is 2.58 bits per heavy atom. The van der Waals surface area contributed by atoms with Crippen molar-refractivity contribution in [2.24, 2.45) is 22.4 Å². The molecule has 2 aromatic carbocycles. The average molecular weight is 658 g/mol. The molecule has 0 amide bonds. The van der Waals surface area contributed by atoms with E-state index in [1.54, 1.807) is 12.1 Å². The summed E-state index contributed by atoms with van der Waals surface area (Å²) in [6.45, 7) is 19.8. The van der Waals surface area contributed by atoms with Crippen molar-refractivity contribution in [3.8, 4) is 11.1 Å². The van der Waals surface area contributed by atoms with Gasteiger partial charge in [-0.25, -0.2) is 4.39 Å². The summed E-state index contributed by atoms with van der Waals surface area (Å²) in [4.78, 5) is 18.4. The highest BCUT2D eigenvalue weighted by Crippen LogP contribution is 2.54. The van der Waals surface area contributed by atoms with Gasteiger partial charge in [-0.05, 0) is 114 Å². The summed E-state index contributed by atoms with van der Waals surface area (Å²) in [6, 6.07) is 15.9. The fourth-order valence-corrected chi connectivity index (χ4v) is 7.30. The minimum Gasteiger partial charge on any atom is -0.467 e. The van der Waals surface area contributed by atoms with E-state index in [0.717, 1.165) is 84.4 Å². The van der Waals surface area contributed by atoms with Crippen LogP contribution in [0.2, 0.25) is 0 Å². The van der Waals surface area contributed by atoms with Crippen molar-refractivity contribution in [1.29, 1.82) is 0 Å². The molecule has 4 rings (SSSR count). The van der Waals surface area contributed by atoms with E-state index in [1.165, 1.54) is 5.56 Å². The van der Waals surface area contributed by atoms with Gasteiger partial charge in [0, 0.05) is 36.9 Å². The van der Waals surface area contributed by atoms with Gasteiger partial charge in [-0.2, -0.15) is 0 Å². The molecule has 0 bridgehead atoms. The number of ether oxygens (including phenoxy) is 1. The Morgan fingerprint density at radius 1 is 1.12 bits per heavy atom. The highest BCUT2D eigenvalue weighted by Gasteiger charge is 2.43. The van der Waals surface area contributed by atoms with Crippen molar-refractivity contribution in [3.63, 3.8) is 0 Å². The molecule has 0 fully saturated rings. The maximum atomic E-state index is 15.2. The number of carbonyl (C=O) groups excluding carboxylic acids is 1. The zero-order chi connectivity index (χ0) is 35.1. The Bertz CT molecular complexity index is 1550. The predicted molar refractivity (Wildman–Crippen MR) is 195 cm³/mol. The molecule has 0 radical (unpaired) electrons. The number of nitrogens with one attached hydrogen (secondary N) is 1. The number of likely N-dealkylation sites (N-methyl/N-ethyl adjacent to an activating group) is 1. The van der Waals surface area contributed by atoms with Gasteiger partial charge in [-0.3, -0.25) is 21.0 Å². The molecule has 0 aliphatic carbocycles. The van der Waals surface area contributed by atoms with E-state index >= 15 is 4.39 Å². The Morgan fingerprint density at radius 2 is 1.90 bits per heavy atom. The quantitative estimate of drug-likeness (QED) is 0.0415. The smallest absolute Gasteiger partial charge is 0.293 e. The third-order valence-corrected chi connectivity index (χ3v) is 10.2. The molecule has 1 aliphatic rings. The summed E-state index contributed by atoms with van der Waals surface area (Å²) < 4.78 is 20.5. The summed E-state index contributed by atoms with van der Waals surface area (Å²) in [5, 5.41) is 0. The zero-order valence-electron chi connectivity index (χ0n) is 29.8. The summed E-state index contributed by atoms with van der Waals surface area (Å²) in [5.41, 5.74) is 17.4. The van der Waals surface area contributed by atoms with Crippen LogP contribution in [0.5, 0.6) is 0 Å². The van der Waals surface area contributed by atoms with E-state index in [0.29, 0.717) is 19.5 Å². The van der Waals surface area contributed by atoms with Crippen LogP contribution in [-0.4, -0.2) is 31.2 Å². The van der Waals surface area contributed by atoms with E-state index in [-0.39, 0.29) is 34.6 Å². The Kier molecular flexibility index (Phi) is 12.6. The van der Waals surface area contributed by atoms with Crippen LogP contribution in [0.25, 0.3) is 11.1 Å². The number of halogens is 1. The predicted octanol–water partition coefficient (Wildman–Crippen LogP) is 8.31. The maximum absolute atomic E-state index is 15.2. The lowest BCUT2D eigenvalue weighted by atomic mass is 9.76. The molecule has 3 aromatic rings. The van der Waals surface area contributed by atoms with Crippen LogP contribution in [-0.2, 0) is 16.0 Å². The first-order valence-corrected chi connectivity index (χ1v) is 17.4. The maximum Gasteiger partial charge on any atom is 0.293 e. The molecule has 0 saturated carbocycles. The molecular weight excluding hydrogens is 601 g/mol. The molecule has 5 N–H and O–H groups in total. The number of nitrogens with two attached hydrogens (primary N) is 2. The van der Waals surface area contributed by atoms with Crippen LogP contribution in [0.1, 0.15) is 114 Å². The van der Waals surface area contributed by atoms with Gasteiger partial charge in [0.15, 0.2) is 0 Å². The molecule has 8 heteroatoms. The summed E-state index contributed by atoms with van der Waals surface area (Å²) in [5.74, 6) is 5.28. The second kappa shape index (κ2) is 16.2. The molecule has 3 unspecified atom stereocenters. The van der Waals surface area contributed by atoms with Crippen LogP contribution < -0.4 is 21.9 Å². The van der Waals surface area contributed by atoms with Crippen LogP contribution in [0.15, 0.2) is 66.9 Å². The number of nitrogens with zero attached hydrogens (tertiary/aromatic N) is 2. The number of aromatic nitrogens is 1. The van der Waals surface area contributed by atoms with Crippen LogP contribution in [0.3, 0.4) is 0 Å². The van der Waals surface area contributed by atoms with Gasteiger partial charge < -0.3 is 15.4 Å². The number of hydrogen-bond donors (Lipinski definition) is 3. The monoisotopic (exact) mass is 657 g/mol. The van der Waals surface area contributed by atoms with E-state index in [1.807, 2.05) is 12.3 Å². The molecule has 0 spiro atoms. The average Bonchev–Trinajstić information content (AvgIpc) is 3.37. The molecule has 48 heavy (non-hydrogen) atoms. The van der Waals surface area contributed by atoms with Gasteiger partial charge in [0.25, 0.3) is 6.47 Å². The number of aryl methyl sites for hydroxylation is 1. The van der Waals surface area contributed by atoms with Crippen molar-refractivity contribution in [1.82, 2.24) is 10.4 Å². The van der Waals surface area contributed by atoms with Gasteiger partial charge in [0.1, 0.15) is 5.82 Å². The number of pyridine rings is 1. The number of rotatable bonds is 18. The number of benzene rings is 2. The van der Waals surface area contributed by atoms with Crippen molar-refractivity contribution in [2.75, 3.05) is 24.6 Å². The number of carbonyl (C=O) groups is 1. The molecule has 0 saturated heterocycles. The number of anilines is 1. The first-order chi connectivity index (χ1) is 22.9. The van der Waals surface area contributed by atoms with Gasteiger partial charge in [0.2, 0.25) is 0 Å². The second-order valence-corrected chi connectivity index (χ2v) is 14.8. The third-order valence-electron chi connectivity index (χ3n) is 10.2. The lowest BCUT2D eigenvalue weighted by Gasteiger charge is -2.35. The third kappa shape index (κ3) is 8.70. The summed E-state index contributed by atoms with van der Waals surface area (Å²) >= 11 is 0. The summed E-state index contributed by atoms with van der Waals surface area (Å²) in [7, 11) is 0. The minimum atomic E-state index is -0.293. The van der Waals surface area contributed by atoms with Crippen LogP contribution in [0.4, 0.5) is 10.1 Å². The molecule has 260 valence electrons. The number of allylic oxidation sites excluding steroid dienone is 1. The second-order valence-electron chi connectivity index (χ2n) is 14.8. The highest BCUT2D eigenvalue weighted by molar-refractivity contribution is 5.73. The number of hydrazine groups is 1. The molecule has 3 atom stereocenters. The van der Waals surface area contributed by atoms with Crippen molar-refractivity contribution in [3.05, 3.63) is 95.1 Å². The van der Waals surface area contributed by atoms with Gasteiger partial charge >= 0.3 is 0 Å². The molecule has 1 aliphatic heterocycles. The Balaban J connectivity index is 1.72. The van der Waals surface area contributed by atoms with E-state index in [2.05, 4.69) is 88.8 Å². The number of hydrogen-bond acceptors (Lipinski definition) is 7. The largest absolute Gasteiger partial charge is 0.467 e. The fourth-order valence-electron chi connectivity index (χ4n) is 7.30. The molecular formula is C40H56FN5O2. The lowest BCUT2D eigenvalue weighted by molar-refractivity contribution is -0.131. The zero-order valence-corrected chi connectivity index (χ0v) is 29.8. The molecule has 1 aromatic heterocycles. The van der Waals surface area contributed by atoms with Crippen LogP contribution in [0, 0.1) is 16.6 Å². The van der Waals surface area contributed by atoms with Crippen molar-refractivity contribution >= 4 is 12.2 Å². The first kappa shape index (κ1) is 37.2. The van der Waals surface area contributed by atoms with Crippen molar-refractivity contribution < 1.29 is 13.9 Å². The van der Waals surface area contributed by atoms with Gasteiger partial charge in [0.05, 0.1) is 18.3 Å². The molecule has 7 nitrogen and oxygen atoms in total. The normalized spacial score (nSPS) is 16.9. The minimum absolute atomic E-state index is 0.00451. The van der Waals surface area contributed by atoms with E-state index < -0.39 is 0 Å². The Hall–Kier alpha value is -3.59. The SMILES string of the molecule is C=C(CCc1cc(F)cc(-c2ccc3c(c2)C(CC(C)(C)COC=O)C(c2cccnc2C(N)CC)N3CC)c1)C(C)(C)CCCNN. The van der Waals surface area contributed by atoms with Crippen LogP contribution >= 0.6 is 0 Å².